The van der Waals surface area contributed by atoms with Crippen LogP contribution in [0.25, 0.3) is 0 Å². The van der Waals surface area contributed by atoms with Gasteiger partial charge in [-0.1, -0.05) is 6.42 Å². The summed E-state index contributed by atoms with van der Waals surface area (Å²) in [5.41, 5.74) is 6.43. The van der Waals surface area contributed by atoms with Crippen LogP contribution in [-0.4, -0.2) is 33.5 Å². The maximum atomic E-state index is 6.02. The summed E-state index contributed by atoms with van der Waals surface area (Å²) < 4.78 is 10.6. The van der Waals surface area contributed by atoms with Crippen LogP contribution in [0.3, 0.4) is 0 Å². The lowest BCUT2D eigenvalue weighted by Gasteiger charge is -2.36. The highest BCUT2D eigenvalue weighted by Crippen LogP contribution is 2.57. The van der Waals surface area contributed by atoms with Gasteiger partial charge < -0.3 is 15.2 Å². The van der Waals surface area contributed by atoms with Crippen LogP contribution in [0.2, 0.25) is 0 Å². The van der Waals surface area contributed by atoms with Crippen molar-refractivity contribution in [2.45, 2.75) is 32.1 Å². The first-order chi connectivity index (χ1) is 7.80. The Morgan fingerprint density at radius 2 is 2.12 bits per heavy atom. The highest BCUT2D eigenvalue weighted by Gasteiger charge is 2.49. The average molecular weight is 227 g/mol. The van der Waals surface area contributed by atoms with Crippen molar-refractivity contribution in [2.75, 3.05) is 33.5 Å². The van der Waals surface area contributed by atoms with Crippen LogP contribution in [0, 0.1) is 17.3 Å². The average Bonchev–Trinajstić information content (AvgIpc) is 2.89. The largest absolute Gasteiger partial charge is 0.382 e. The van der Waals surface area contributed by atoms with Gasteiger partial charge in [-0.25, -0.2) is 0 Å². The van der Waals surface area contributed by atoms with Crippen LogP contribution in [0.1, 0.15) is 32.1 Å². The Morgan fingerprint density at radius 1 is 1.25 bits per heavy atom. The summed E-state index contributed by atoms with van der Waals surface area (Å²) in [6.07, 6.45) is 6.77. The molecule has 3 heteroatoms. The summed E-state index contributed by atoms with van der Waals surface area (Å²) >= 11 is 0. The molecule has 0 heterocycles. The molecular weight excluding hydrogens is 202 g/mol. The number of hydrogen-bond donors (Lipinski definition) is 1. The van der Waals surface area contributed by atoms with Gasteiger partial charge in [0.25, 0.3) is 0 Å². The fourth-order valence-electron chi connectivity index (χ4n) is 3.74. The fraction of sp³-hybridized carbons (Fsp3) is 1.00. The van der Waals surface area contributed by atoms with Crippen molar-refractivity contribution < 1.29 is 9.47 Å². The predicted octanol–water partition coefficient (Wildman–Crippen LogP) is 1.80. The maximum absolute atomic E-state index is 6.02. The first-order valence-corrected chi connectivity index (χ1v) is 6.57. The van der Waals surface area contributed by atoms with Gasteiger partial charge in [-0.2, -0.15) is 0 Å². The summed E-state index contributed by atoms with van der Waals surface area (Å²) in [5.74, 6) is 1.85. The molecule has 2 rings (SSSR count). The molecule has 0 radical (unpaired) electrons. The van der Waals surface area contributed by atoms with Crippen molar-refractivity contribution in [3.05, 3.63) is 0 Å². The van der Waals surface area contributed by atoms with Gasteiger partial charge in [0.2, 0.25) is 0 Å². The first kappa shape index (κ1) is 12.3. The van der Waals surface area contributed by atoms with E-state index < -0.39 is 0 Å². The third-order valence-corrected chi connectivity index (χ3v) is 4.69. The Labute approximate surface area is 98.7 Å². The van der Waals surface area contributed by atoms with E-state index in [2.05, 4.69) is 0 Å². The molecular formula is C13H25NO2. The Bertz CT molecular complexity index is 222. The van der Waals surface area contributed by atoms with Gasteiger partial charge in [-0.15, -0.1) is 0 Å². The van der Waals surface area contributed by atoms with Gasteiger partial charge in [0.1, 0.15) is 0 Å². The van der Waals surface area contributed by atoms with E-state index in [0.717, 1.165) is 31.4 Å². The van der Waals surface area contributed by atoms with Crippen molar-refractivity contribution >= 4 is 0 Å². The molecule has 3 atom stereocenters. The molecule has 2 aliphatic carbocycles. The zero-order valence-electron chi connectivity index (χ0n) is 10.4. The lowest BCUT2D eigenvalue weighted by molar-refractivity contribution is 0.0387. The van der Waals surface area contributed by atoms with E-state index in [1.807, 2.05) is 0 Å². The molecule has 3 unspecified atom stereocenters. The molecule has 2 saturated carbocycles. The first-order valence-electron chi connectivity index (χ1n) is 6.57. The lowest BCUT2D eigenvalue weighted by atomic mass is 9.71. The fourth-order valence-corrected chi connectivity index (χ4v) is 3.74. The summed E-state index contributed by atoms with van der Waals surface area (Å²) in [6, 6.07) is 0. The monoisotopic (exact) mass is 227 g/mol. The molecule has 3 nitrogen and oxygen atoms in total. The number of fused-ring (bicyclic) bond motifs is 2. The zero-order chi connectivity index (χ0) is 11.4. The number of nitrogens with two attached hydrogens (primary N) is 1. The molecule has 0 aromatic rings. The summed E-state index contributed by atoms with van der Waals surface area (Å²) in [5, 5.41) is 0. The van der Waals surface area contributed by atoms with Crippen molar-refractivity contribution in [2.24, 2.45) is 23.0 Å². The smallest absolute Gasteiger partial charge is 0.0700 e. The molecule has 2 N–H and O–H groups in total. The van der Waals surface area contributed by atoms with Gasteiger partial charge in [0.15, 0.2) is 0 Å². The Hall–Kier alpha value is -0.120. The molecule has 2 aliphatic rings. The highest BCUT2D eigenvalue weighted by molar-refractivity contribution is 5.00. The molecule has 0 aromatic carbocycles. The predicted molar refractivity (Wildman–Crippen MR) is 64.2 cm³/mol. The summed E-state index contributed by atoms with van der Waals surface area (Å²) in [6.45, 7) is 3.11. The van der Waals surface area contributed by atoms with Gasteiger partial charge in [-0.3, -0.25) is 0 Å². The van der Waals surface area contributed by atoms with E-state index in [1.165, 1.54) is 25.7 Å². The van der Waals surface area contributed by atoms with Crippen LogP contribution < -0.4 is 5.73 Å². The van der Waals surface area contributed by atoms with Gasteiger partial charge in [-0.05, 0) is 49.5 Å². The second-order valence-corrected chi connectivity index (χ2v) is 5.50. The van der Waals surface area contributed by atoms with E-state index in [4.69, 9.17) is 15.2 Å². The van der Waals surface area contributed by atoms with E-state index in [9.17, 15) is 0 Å². The highest BCUT2D eigenvalue weighted by atomic mass is 16.5. The quantitative estimate of drug-likeness (QED) is 0.675. The van der Waals surface area contributed by atoms with E-state index in [0.29, 0.717) is 18.6 Å². The Balaban J connectivity index is 1.73. The number of ether oxygens (including phenoxy) is 2. The molecule has 2 bridgehead atoms. The third-order valence-electron chi connectivity index (χ3n) is 4.69. The van der Waals surface area contributed by atoms with Crippen molar-refractivity contribution in [1.82, 2.24) is 0 Å². The molecule has 0 spiro atoms. The third kappa shape index (κ3) is 2.41. The summed E-state index contributed by atoms with van der Waals surface area (Å²) in [4.78, 5) is 0. The van der Waals surface area contributed by atoms with Crippen molar-refractivity contribution in [3.63, 3.8) is 0 Å². The maximum Gasteiger partial charge on any atom is 0.0700 e. The number of hydrogen-bond acceptors (Lipinski definition) is 3. The van der Waals surface area contributed by atoms with Gasteiger partial charge in [0.05, 0.1) is 13.2 Å². The standard InChI is InChI=1S/C13H25NO2/c1-15-6-7-16-5-4-13(10-14)9-11-2-3-12(13)8-11/h11-12H,2-10,14H2,1H3. The number of rotatable bonds is 7. The SMILES string of the molecule is COCCOCCC1(CN)CC2CCC1C2. The lowest BCUT2D eigenvalue weighted by Crippen LogP contribution is -2.37. The van der Waals surface area contributed by atoms with Crippen LogP contribution in [0.5, 0.6) is 0 Å². The second-order valence-electron chi connectivity index (χ2n) is 5.50. The second kappa shape index (κ2) is 5.48. The molecule has 0 aliphatic heterocycles. The van der Waals surface area contributed by atoms with Crippen LogP contribution >= 0.6 is 0 Å². The molecule has 0 saturated heterocycles. The zero-order valence-corrected chi connectivity index (χ0v) is 10.4. The normalized spacial score (nSPS) is 37.1. The van der Waals surface area contributed by atoms with Gasteiger partial charge in [0, 0.05) is 13.7 Å². The van der Waals surface area contributed by atoms with Crippen molar-refractivity contribution in [1.29, 1.82) is 0 Å². The van der Waals surface area contributed by atoms with E-state index in [-0.39, 0.29) is 0 Å². The molecule has 0 aromatic heterocycles. The van der Waals surface area contributed by atoms with Crippen LogP contribution in [0.15, 0.2) is 0 Å². The van der Waals surface area contributed by atoms with Crippen LogP contribution in [0.4, 0.5) is 0 Å². The van der Waals surface area contributed by atoms with Crippen molar-refractivity contribution in [3.8, 4) is 0 Å². The van der Waals surface area contributed by atoms with E-state index >= 15 is 0 Å². The van der Waals surface area contributed by atoms with Gasteiger partial charge >= 0.3 is 0 Å². The minimum Gasteiger partial charge on any atom is -0.382 e. The minimum atomic E-state index is 0.413. The molecule has 0 amide bonds. The number of methoxy groups -OCH3 is 1. The van der Waals surface area contributed by atoms with E-state index in [1.54, 1.807) is 7.11 Å². The summed E-state index contributed by atoms with van der Waals surface area (Å²) in [7, 11) is 1.71. The molecule has 16 heavy (non-hydrogen) atoms. The van der Waals surface area contributed by atoms with Crippen LogP contribution in [-0.2, 0) is 9.47 Å². The molecule has 94 valence electrons. The Kier molecular flexibility index (Phi) is 4.22. The molecule has 2 fully saturated rings. The Morgan fingerprint density at radius 3 is 2.69 bits per heavy atom. The topological polar surface area (TPSA) is 44.5 Å². The minimum absolute atomic E-state index is 0.413.